The van der Waals surface area contributed by atoms with Gasteiger partial charge in [0.2, 0.25) is 0 Å². The van der Waals surface area contributed by atoms with Crippen LogP contribution in [-0.2, 0) is 16.1 Å². The summed E-state index contributed by atoms with van der Waals surface area (Å²) in [6.45, 7) is 3.12. The lowest BCUT2D eigenvalue weighted by Crippen LogP contribution is -2.04. The van der Waals surface area contributed by atoms with Crippen LogP contribution >= 0.6 is 0 Å². The number of nitrogens with zero attached hydrogens (tertiary/aromatic N) is 1. The highest BCUT2D eigenvalue weighted by molar-refractivity contribution is 5.96. The van der Waals surface area contributed by atoms with Gasteiger partial charge in [0.15, 0.2) is 6.29 Å². The summed E-state index contributed by atoms with van der Waals surface area (Å²) in [4.78, 5) is 22.3. The minimum atomic E-state index is -0.118. The van der Waals surface area contributed by atoms with Crippen molar-refractivity contribution in [3.8, 4) is 0 Å². The first kappa shape index (κ1) is 15.3. The van der Waals surface area contributed by atoms with E-state index >= 15 is 0 Å². The quantitative estimate of drug-likeness (QED) is 0.423. The molecule has 0 atom stereocenters. The first-order chi connectivity index (χ1) is 10.3. The molecule has 1 aromatic carbocycles. The van der Waals surface area contributed by atoms with Crippen LogP contribution in [-0.4, -0.2) is 23.4 Å². The predicted octanol–water partition coefficient (Wildman–Crippen LogP) is 3.58. The van der Waals surface area contributed by atoms with E-state index in [1.54, 1.807) is 0 Å². The van der Waals surface area contributed by atoms with Crippen molar-refractivity contribution in [1.29, 1.82) is 0 Å². The number of hydrogen-bond acceptors (Lipinski definition) is 3. The summed E-state index contributed by atoms with van der Waals surface area (Å²) in [5.74, 6) is -0.118. The molecule has 0 N–H and O–H groups in total. The molecule has 0 bridgehead atoms. The third kappa shape index (κ3) is 3.94. The number of carbonyl (C=O) groups excluding carboxylic acids is 2. The van der Waals surface area contributed by atoms with E-state index in [1.165, 1.54) is 0 Å². The van der Waals surface area contributed by atoms with Gasteiger partial charge in [0.1, 0.15) is 0 Å². The number of aryl methyl sites for hydroxylation is 1. The third-order valence-corrected chi connectivity index (χ3v) is 3.53. The molecule has 0 spiro atoms. The third-order valence-electron chi connectivity index (χ3n) is 3.53. The van der Waals surface area contributed by atoms with E-state index in [1.807, 2.05) is 37.4 Å². The van der Waals surface area contributed by atoms with Gasteiger partial charge in [0, 0.05) is 30.1 Å². The maximum Gasteiger partial charge on any atom is 0.305 e. The molecule has 0 aliphatic rings. The van der Waals surface area contributed by atoms with E-state index in [-0.39, 0.29) is 5.97 Å². The van der Waals surface area contributed by atoms with Crippen LogP contribution in [0.5, 0.6) is 0 Å². The molecule has 0 saturated carbocycles. The lowest BCUT2D eigenvalue weighted by Gasteiger charge is -2.07. The Morgan fingerprint density at radius 2 is 2.10 bits per heavy atom. The number of aromatic nitrogens is 1. The summed E-state index contributed by atoms with van der Waals surface area (Å²) in [6, 6.07) is 7.78. The van der Waals surface area contributed by atoms with Gasteiger partial charge < -0.3 is 9.30 Å². The van der Waals surface area contributed by atoms with Crippen molar-refractivity contribution < 1.29 is 14.3 Å². The van der Waals surface area contributed by atoms with Gasteiger partial charge in [0.05, 0.1) is 12.1 Å². The topological polar surface area (TPSA) is 48.3 Å². The Kier molecular flexibility index (Phi) is 5.55. The van der Waals surface area contributed by atoms with E-state index < -0.39 is 0 Å². The standard InChI is InChI=1S/C17H21NO3/c1-2-21-16(20)9-4-3-5-11-18-12-10-14-7-6-8-15(13-19)17(14)18/h6-8,10,12-13H,2-5,9,11H2,1H3. The number of benzene rings is 1. The van der Waals surface area contributed by atoms with Gasteiger partial charge in [-0.25, -0.2) is 0 Å². The van der Waals surface area contributed by atoms with E-state index in [2.05, 4.69) is 4.57 Å². The zero-order valence-corrected chi connectivity index (χ0v) is 12.4. The van der Waals surface area contributed by atoms with Crippen LogP contribution in [0.1, 0.15) is 43.0 Å². The molecule has 2 rings (SSSR count). The highest BCUT2D eigenvalue weighted by Gasteiger charge is 2.06. The number of para-hydroxylation sites is 1. The fourth-order valence-electron chi connectivity index (χ4n) is 2.53. The number of unbranched alkanes of at least 4 members (excludes halogenated alkanes) is 2. The Bertz CT molecular complexity index is 616. The number of fused-ring (bicyclic) bond motifs is 1. The lowest BCUT2D eigenvalue weighted by molar-refractivity contribution is -0.143. The molecule has 112 valence electrons. The molecule has 0 unspecified atom stereocenters. The highest BCUT2D eigenvalue weighted by Crippen LogP contribution is 2.20. The monoisotopic (exact) mass is 287 g/mol. The Hall–Kier alpha value is -2.10. The van der Waals surface area contributed by atoms with Gasteiger partial charge in [-0.2, -0.15) is 0 Å². The highest BCUT2D eigenvalue weighted by atomic mass is 16.5. The van der Waals surface area contributed by atoms with Crippen LogP contribution < -0.4 is 0 Å². The summed E-state index contributed by atoms with van der Waals surface area (Å²) in [5, 5.41) is 1.09. The molecule has 0 radical (unpaired) electrons. The first-order valence-electron chi connectivity index (χ1n) is 7.45. The lowest BCUT2D eigenvalue weighted by atomic mass is 10.1. The van der Waals surface area contributed by atoms with Crippen molar-refractivity contribution in [3.63, 3.8) is 0 Å². The van der Waals surface area contributed by atoms with Crippen LogP contribution in [0.4, 0.5) is 0 Å². The number of rotatable bonds is 8. The fourth-order valence-corrected chi connectivity index (χ4v) is 2.53. The minimum Gasteiger partial charge on any atom is -0.466 e. The van der Waals surface area contributed by atoms with Crippen molar-refractivity contribution in [3.05, 3.63) is 36.0 Å². The number of carbonyl (C=O) groups is 2. The van der Waals surface area contributed by atoms with Crippen molar-refractivity contribution in [1.82, 2.24) is 4.57 Å². The molecule has 0 saturated heterocycles. The van der Waals surface area contributed by atoms with E-state index in [9.17, 15) is 9.59 Å². The molecule has 2 aromatic rings. The zero-order valence-electron chi connectivity index (χ0n) is 12.4. The van der Waals surface area contributed by atoms with Gasteiger partial charge in [0.25, 0.3) is 0 Å². The van der Waals surface area contributed by atoms with Crippen LogP contribution in [0.2, 0.25) is 0 Å². The van der Waals surface area contributed by atoms with Crippen LogP contribution in [0.15, 0.2) is 30.5 Å². The van der Waals surface area contributed by atoms with Gasteiger partial charge in [-0.1, -0.05) is 18.6 Å². The zero-order chi connectivity index (χ0) is 15.1. The second-order valence-corrected chi connectivity index (χ2v) is 5.03. The Morgan fingerprint density at radius 1 is 1.24 bits per heavy atom. The molecule has 0 fully saturated rings. The maximum atomic E-state index is 11.2. The number of esters is 1. The second kappa shape index (κ2) is 7.62. The summed E-state index contributed by atoms with van der Waals surface area (Å²) in [6.07, 6.45) is 6.21. The van der Waals surface area contributed by atoms with Crippen LogP contribution in [0.25, 0.3) is 10.9 Å². The van der Waals surface area contributed by atoms with Crippen molar-refractivity contribution >= 4 is 23.2 Å². The number of hydrogen-bond donors (Lipinski definition) is 0. The van der Waals surface area contributed by atoms with Gasteiger partial charge in [-0.15, -0.1) is 0 Å². The molecule has 4 heteroatoms. The molecule has 21 heavy (non-hydrogen) atoms. The Morgan fingerprint density at radius 3 is 2.86 bits per heavy atom. The largest absolute Gasteiger partial charge is 0.466 e. The summed E-state index contributed by atoms with van der Waals surface area (Å²) >= 11 is 0. The molecular formula is C17H21NO3. The molecule has 0 aliphatic heterocycles. The van der Waals surface area contributed by atoms with Gasteiger partial charge >= 0.3 is 5.97 Å². The average molecular weight is 287 g/mol. The molecule has 0 amide bonds. The number of aldehydes is 1. The Labute approximate surface area is 124 Å². The SMILES string of the molecule is CCOC(=O)CCCCCn1ccc2cccc(C=O)c21. The summed E-state index contributed by atoms with van der Waals surface area (Å²) in [7, 11) is 0. The summed E-state index contributed by atoms with van der Waals surface area (Å²) < 4.78 is 7.01. The smallest absolute Gasteiger partial charge is 0.305 e. The molecule has 1 aromatic heterocycles. The maximum absolute atomic E-state index is 11.2. The molecule has 0 aliphatic carbocycles. The first-order valence-corrected chi connectivity index (χ1v) is 7.45. The molecule has 4 nitrogen and oxygen atoms in total. The Balaban J connectivity index is 1.87. The number of ether oxygens (including phenoxy) is 1. The van der Waals surface area contributed by atoms with Gasteiger partial charge in [-0.3, -0.25) is 9.59 Å². The van der Waals surface area contributed by atoms with E-state index in [0.29, 0.717) is 13.0 Å². The van der Waals surface area contributed by atoms with Crippen LogP contribution in [0, 0.1) is 0 Å². The van der Waals surface area contributed by atoms with Crippen molar-refractivity contribution in [2.75, 3.05) is 6.61 Å². The van der Waals surface area contributed by atoms with E-state index in [4.69, 9.17) is 4.74 Å². The summed E-state index contributed by atoms with van der Waals surface area (Å²) in [5.41, 5.74) is 1.72. The van der Waals surface area contributed by atoms with Gasteiger partial charge in [-0.05, 0) is 31.9 Å². The minimum absolute atomic E-state index is 0.118. The normalized spacial score (nSPS) is 10.7. The second-order valence-electron chi connectivity index (χ2n) is 5.03. The molecule has 1 heterocycles. The van der Waals surface area contributed by atoms with E-state index in [0.717, 1.165) is 48.6 Å². The van der Waals surface area contributed by atoms with Crippen LogP contribution in [0.3, 0.4) is 0 Å². The predicted molar refractivity (Wildman–Crippen MR) is 82.4 cm³/mol. The van der Waals surface area contributed by atoms with Crippen molar-refractivity contribution in [2.45, 2.75) is 39.2 Å². The average Bonchev–Trinajstić information content (AvgIpc) is 2.90. The molecular weight excluding hydrogens is 266 g/mol. The fraction of sp³-hybridized carbons (Fsp3) is 0.412. The van der Waals surface area contributed by atoms with Crippen molar-refractivity contribution in [2.24, 2.45) is 0 Å².